The molecule has 3 fully saturated rings. The van der Waals surface area contributed by atoms with E-state index in [1.807, 2.05) is 14.1 Å². The van der Waals surface area contributed by atoms with Crippen LogP contribution < -0.4 is 5.32 Å². The second-order valence-electron chi connectivity index (χ2n) is 9.75. The van der Waals surface area contributed by atoms with Gasteiger partial charge < -0.3 is 15.1 Å². The fraction of sp³-hybridized carbons (Fsp3) is 0.696. The van der Waals surface area contributed by atoms with Crippen molar-refractivity contribution in [1.82, 2.24) is 15.1 Å². The van der Waals surface area contributed by atoms with E-state index in [-0.39, 0.29) is 17.5 Å². The fourth-order valence-corrected chi connectivity index (χ4v) is 6.72. The Hall–Kier alpha value is -1.55. The van der Waals surface area contributed by atoms with Crippen LogP contribution in [0.25, 0.3) is 0 Å². The van der Waals surface area contributed by atoms with Gasteiger partial charge in [-0.2, -0.15) is 0 Å². The van der Waals surface area contributed by atoms with E-state index in [1.165, 1.54) is 62.7 Å². The third kappa shape index (κ3) is 2.88. The van der Waals surface area contributed by atoms with Gasteiger partial charge in [-0.1, -0.05) is 30.7 Å². The van der Waals surface area contributed by atoms with Crippen LogP contribution in [-0.2, 0) is 5.41 Å². The molecule has 146 valence electrons. The molecule has 4 atom stereocenters. The Balaban J connectivity index is 1.32. The van der Waals surface area contributed by atoms with E-state index in [0.717, 1.165) is 24.3 Å². The summed E-state index contributed by atoms with van der Waals surface area (Å²) in [5.41, 5.74) is 3.11. The smallest absolute Gasteiger partial charge is 0.317 e. The van der Waals surface area contributed by atoms with Gasteiger partial charge in [-0.25, -0.2) is 4.79 Å². The molecule has 0 unspecified atom stereocenters. The standard InChI is InChI=1S/C23H33N3O/c1-25(2)22(27)24-20-15-23(19-6-4-3-5-18(19)20)9-11-26(12-10-23)21-14-16-7-8-17(21)13-16/h3-6,16-17,20-21H,7-15H2,1-2H3,(H,24,27)/t16-,17+,20-,21-/m0/s1. The number of benzene rings is 1. The zero-order valence-electron chi connectivity index (χ0n) is 16.8. The molecule has 2 amide bonds. The molecular weight excluding hydrogens is 334 g/mol. The molecule has 1 saturated heterocycles. The third-order valence-electron chi connectivity index (χ3n) is 8.13. The number of likely N-dealkylation sites (tertiary alicyclic amines) is 1. The normalized spacial score (nSPS) is 34.0. The van der Waals surface area contributed by atoms with Crippen molar-refractivity contribution < 1.29 is 4.79 Å². The highest BCUT2D eigenvalue weighted by Gasteiger charge is 2.49. The average molecular weight is 368 g/mol. The van der Waals surface area contributed by atoms with Gasteiger partial charge in [0.1, 0.15) is 0 Å². The minimum atomic E-state index is 0.0197. The number of nitrogens with zero attached hydrogens (tertiary/aromatic N) is 2. The number of carbonyl (C=O) groups excluding carboxylic acids is 1. The molecule has 1 heterocycles. The first-order chi connectivity index (χ1) is 13.1. The Morgan fingerprint density at radius 1 is 1.15 bits per heavy atom. The number of hydrogen-bond donors (Lipinski definition) is 1. The van der Waals surface area contributed by atoms with Gasteiger partial charge in [0, 0.05) is 25.6 Å². The lowest BCUT2D eigenvalue weighted by atomic mass is 9.73. The second-order valence-corrected chi connectivity index (χ2v) is 9.75. The third-order valence-corrected chi connectivity index (χ3v) is 8.13. The topological polar surface area (TPSA) is 35.6 Å². The predicted molar refractivity (Wildman–Crippen MR) is 108 cm³/mol. The van der Waals surface area contributed by atoms with Gasteiger partial charge in [0.15, 0.2) is 0 Å². The lowest BCUT2D eigenvalue weighted by Gasteiger charge is -2.44. The van der Waals surface area contributed by atoms with E-state index in [4.69, 9.17) is 0 Å². The largest absolute Gasteiger partial charge is 0.331 e. The van der Waals surface area contributed by atoms with E-state index in [1.54, 1.807) is 4.90 Å². The van der Waals surface area contributed by atoms with Gasteiger partial charge >= 0.3 is 6.03 Å². The Morgan fingerprint density at radius 3 is 2.59 bits per heavy atom. The van der Waals surface area contributed by atoms with Crippen molar-refractivity contribution in [2.24, 2.45) is 11.8 Å². The predicted octanol–water partition coefficient (Wildman–Crippen LogP) is 3.92. The highest BCUT2D eigenvalue weighted by atomic mass is 16.2. The molecule has 3 aliphatic carbocycles. The maximum absolute atomic E-state index is 12.3. The van der Waals surface area contributed by atoms with Crippen molar-refractivity contribution >= 4 is 6.03 Å². The Labute approximate surface area is 163 Å². The molecule has 27 heavy (non-hydrogen) atoms. The Kier molecular flexibility index (Phi) is 4.23. The minimum Gasteiger partial charge on any atom is -0.331 e. The van der Waals surface area contributed by atoms with E-state index in [0.29, 0.717) is 0 Å². The molecule has 1 N–H and O–H groups in total. The van der Waals surface area contributed by atoms with E-state index in [2.05, 4.69) is 34.5 Å². The van der Waals surface area contributed by atoms with E-state index in [9.17, 15) is 4.79 Å². The van der Waals surface area contributed by atoms with Crippen LogP contribution >= 0.6 is 0 Å². The van der Waals surface area contributed by atoms with Crippen molar-refractivity contribution in [1.29, 1.82) is 0 Å². The van der Waals surface area contributed by atoms with Gasteiger partial charge in [-0.15, -0.1) is 0 Å². The van der Waals surface area contributed by atoms with Crippen LogP contribution in [0.5, 0.6) is 0 Å². The van der Waals surface area contributed by atoms with Crippen LogP contribution in [-0.4, -0.2) is 49.1 Å². The number of hydrogen-bond acceptors (Lipinski definition) is 2. The zero-order chi connectivity index (χ0) is 18.6. The quantitative estimate of drug-likeness (QED) is 0.860. The second kappa shape index (κ2) is 6.51. The van der Waals surface area contributed by atoms with Gasteiger partial charge in [-0.3, -0.25) is 0 Å². The first kappa shape index (κ1) is 17.5. The molecule has 0 radical (unpaired) electrons. The van der Waals surface area contributed by atoms with Crippen LogP contribution in [0.3, 0.4) is 0 Å². The van der Waals surface area contributed by atoms with E-state index < -0.39 is 0 Å². The molecule has 4 aliphatic rings. The van der Waals surface area contributed by atoms with Crippen molar-refractivity contribution in [2.45, 2.75) is 62.4 Å². The molecule has 0 aromatic heterocycles. The number of piperidine rings is 1. The molecule has 1 spiro atoms. The van der Waals surface area contributed by atoms with Gasteiger partial charge in [0.2, 0.25) is 0 Å². The lowest BCUT2D eigenvalue weighted by molar-refractivity contribution is 0.0812. The molecule has 1 aromatic rings. The number of carbonyl (C=O) groups is 1. The molecule has 5 rings (SSSR count). The summed E-state index contributed by atoms with van der Waals surface area (Å²) < 4.78 is 0. The summed E-state index contributed by atoms with van der Waals surface area (Å²) in [5.74, 6) is 2.00. The molecule has 2 bridgehead atoms. The van der Waals surface area contributed by atoms with Crippen molar-refractivity contribution in [3.63, 3.8) is 0 Å². The summed E-state index contributed by atoms with van der Waals surface area (Å²) in [6, 6.07) is 9.89. The van der Waals surface area contributed by atoms with Crippen LogP contribution in [0.4, 0.5) is 4.79 Å². The van der Waals surface area contributed by atoms with Crippen LogP contribution in [0.1, 0.15) is 62.1 Å². The fourth-order valence-electron chi connectivity index (χ4n) is 6.72. The van der Waals surface area contributed by atoms with E-state index >= 15 is 0 Å². The molecule has 2 saturated carbocycles. The summed E-state index contributed by atoms with van der Waals surface area (Å²) in [5, 5.41) is 3.27. The maximum atomic E-state index is 12.3. The highest BCUT2D eigenvalue weighted by molar-refractivity contribution is 5.74. The number of fused-ring (bicyclic) bond motifs is 4. The molecule has 4 nitrogen and oxygen atoms in total. The van der Waals surface area contributed by atoms with Crippen LogP contribution in [0.2, 0.25) is 0 Å². The van der Waals surface area contributed by atoms with Crippen LogP contribution in [0.15, 0.2) is 24.3 Å². The van der Waals surface area contributed by atoms with Gasteiger partial charge in [0.25, 0.3) is 0 Å². The SMILES string of the molecule is CN(C)C(=O)N[C@H]1CC2(CCN([C@H]3C[C@H]4CC[C@@H]3C4)CC2)c2ccccc21. The van der Waals surface area contributed by atoms with Crippen molar-refractivity contribution in [3.8, 4) is 0 Å². The molecular formula is C23H33N3O. The number of rotatable bonds is 2. The first-order valence-corrected chi connectivity index (χ1v) is 10.9. The molecule has 1 aliphatic heterocycles. The summed E-state index contributed by atoms with van der Waals surface area (Å²) >= 11 is 0. The Morgan fingerprint density at radius 2 is 1.93 bits per heavy atom. The average Bonchev–Trinajstić information content (AvgIpc) is 3.38. The summed E-state index contributed by atoms with van der Waals surface area (Å²) in [7, 11) is 3.64. The lowest BCUT2D eigenvalue weighted by Crippen LogP contribution is -2.48. The molecule has 1 aromatic carbocycles. The first-order valence-electron chi connectivity index (χ1n) is 10.9. The van der Waals surface area contributed by atoms with Gasteiger partial charge in [0.05, 0.1) is 6.04 Å². The summed E-state index contributed by atoms with van der Waals surface area (Å²) in [6.07, 6.45) is 9.45. The maximum Gasteiger partial charge on any atom is 0.317 e. The number of urea groups is 1. The molecule has 4 heteroatoms. The summed E-state index contributed by atoms with van der Waals surface area (Å²) in [4.78, 5) is 16.8. The van der Waals surface area contributed by atoms with Crippen molar-refractivity contribution in [3.05, 3.63) is 35.4 Å². The number of amides is 2. The van der Waals surface area contributed by atoms with Crippen LogP contribution in [0, 0.1) is 11.8 Å². The van der Waals surface area contributed by atoms with Gasteiger partial charge in [-0.05, 0) is 74.6 Å². The summed E-state index contributed by atoms with van der Waals surface area (Å²) in [6.45, 7) is 2.47. The number of nitrogens with one attached hydrogen (secondary N) is 1. The Bertz CT molecular complexity index is 722. The monoisotopic (exact) mass is 367 g/mol. The van der Waals surface area contributed by atoms with Crippen molar-refractivity contribution in [2.75, 3.05) is 27.2 Å². The minimum absolute atomic E-state index is 0.0197. The highest BCUT2D eigenvalue weighted by Crippen LogP contribution is 2.53. The zero-order valence-corrected chi connectivity index (χ0v) is 16.8.